The summed E-state index contributed by atoms with van der Waals surface area (Å²) in [6, 6.07) is 0. The summed E-state index contributed by atoms with van der Waals surface area (Å²) in [6.07, 6.45) is 12.9. The maximum absolute atomic E-state index is 6.57. The second-order valence-corrected chi connectivity index (χ2v) is 6.96. The predicted octanol–water partition coefficient (Wildman–Crippen LogP) is 3.50. The van der Waals surface area contributed by atoms with Crippen LogP contribution in [0.15, 0.2) is 0 Å². The van der Waals surface area contributed by atoms with E-state index in [1.807, 2.05) is 0 Å². The van der Waals surface area contributed by atoms with Crippen molar-refractivity contribution in [2.45, 2.75) is 76.4 Å². The van der Waals surface area contributed by atoms with E-state index in [-0.39, 0.29) is 5.60 Å². The molecule has 2 nitrogen and oxygen atoms in total. The lowest BCUT2D eigenvalue weighted by Gasteiger charge is -2.40. The average Bonchev–Trinajstić information content (AvgIpc) is 3.00. The molecular formula is C16H29NO. The molecule has 0 aromatic carbocycles. The van der Waals surface area contributed by atoms with Crippen molar-refractivity contribution in [3.63, 3.8) is 0 Å². The van der Waals surface area contributed by atoms with E-state index >= 15 is 0 Å². The lowest BCUT2D eigenvalue weighted by atomic mass is 9.93. The summed E-state index contributed by atoms with van der Waals surface area (Å²) in [5.41, 5.74) is 0.211. The summed E-state index contributed by atoms with van der Waals surface area (Å²) >= 11 is 0. The van der Waals surface area contributed by atoms with E-state index in [1.54, 1.807) is 0 Å². The third-order valence-corrected chi connectivity index (χ3v) is 5.55. The molecule has 104 valence electrons. The molecule has 3 aliphatic rings. The van der Waals surface area contributed by atoms with Crippen LogP contribution >= 0.6 is 0 Å². The van der Waals surface area contributed by atoms with Gasteiger partial charge in [-0.3, -0.25) is 0 Å². The Labute approximate surface area is 112 Å². The van der Waals surface area contributed by atoms with Gasteiger partial charge in [-0.25, -0.2) is 0 Å². The van der Waals surface area contributed by atoms with Crippen molar-refractivity contribution >= 4 is 0 Å². The highest BCUT2D eigenvalue weighted by atomic mass is 16.5. The van der Waals surface area contributed by atoms with E-state index in [0.717, 1.165) is 24.9 Å². The monoisotopic (exact) mass is 251 g/mol. The second-order valence-electron chi connectivity index (χ2n) is 6.96. The van der Waals surface area contributed by atoms with Gasteiger partial charge in [0.2, 0.25) is 0 Å². The third-order valence-electron chi connectivity index (χ3n) is 5.55. The van der Waals surface area contributed by atoms with Crippen LogP contribution in [0.25, 0.3) is 0 Å². The largest absolute Gasteiger partial charge is 0.369 e. The Hall–Kier alpha value is -0.0800. The fourth-order valence-corrected chi connectivity index (χ4v) is 4.46. The zero-order valence-corrected chi connectivity index (χ0v) is 11.9. The molecule has 18 heavy (non-hydrogen) atoms. The molecule has 0 bridgehead atoms. The van der Waals surface area contributed by atoms with Crippen LogP contribution < -0.4 is 5.32 Å². The topological polar surface area (TPSA) is 21.3 Å². The van der Waals surface area contributed by atoms with Gasteiger partial charge in [-0.2, -0.15) is 0 Å². The summed E-state index contributed by atoms with van der Waals surface area (Å²) < 4.78 is 6.57. The van der Waals surface area contributed by atoms with E-state index in [1.165, 1.54) is 57.8 Å². The minimum atomic E-state index is 0.211. The van der Waals surface area contributed by atoms with Crippen LogP contribution in [0.5, 0.6) is 0 Å². The highest BCUT2D eigenvalue weighted by Gasteiger charge is 2.43. The normalized spacial score (nSPS) is 41.8. The van der Waals surface area contributed by atoms with E-state index < -0.39 is 0 Å². The van der Waals surface area contributed by atoms with E-state index in [2.05, 4.69) is 12.2 Å². The first-order chi connectivity index (χ1) is 8.80. The maximum atomic E-state index is 6.57. The number of hydrogen-bond donors (Lipinski definition) is 1. The molecule has 1 N–H and O–H groups in total. The average molecular weight is 251 g/mol. The highest BCUT2D eigenvalue weighted by molar-refractivity contribution is 4.96. The van der Waals surface area contributed by atoms with Gasteiger partial charge < -0.3 is 10.1 Å². The van der Waals surface area contributed by atoms with E-state index in [0.29, 0.717) is 6.10 Å². The van der Waals surface area contributed by atoms with Crippen LogP contribution in [0.4, 0.5) is 0 Å². The number of rotatable bonds is 3. The first-order valence-corrected chi connectivity index (χ1v) is 8.18. The summed E-state index contributed by atoms with van der Waals surface area (Å²) in [7, 11) is 0. The zero-order chi connectivity index (χ0) is 12.4. The molecule has 2 heteroatoms. The third kappa shape index (κ3) is 2.75. The Morgan fingerprint density at radius 2 is 2.00 bits per heavy atom. The molecule has 0 amide bonds. The quantitative estimate of drug-likeness (QED) is 0.829. The Bertz CT molecular complexity index is 274. The first kappa shape index (κ1) is 12.9. The van der Waals surface area contributed by atoms with Crippen molar-refractivity contribution in [1.29, 1.82) is 0 Å². The molecule has 3 atom stereocenters. The summed E-state index contributed by atoms with van der Waals surface area (Å²) in [4.78, 5) is 0. The van der Waals surface area contributed by atoms with Crippen LogP contribution in [0.2, 0.25) is 0 Å². The van der Waals surface area contributed by atoms with Crippen LogP contribution in [-0.2, 0) is 4.74 Å². The van der Waals surface area contributed by atoms with Crippen molar-refractivity contribution < 1.29 is 4.74 Å². The molecule has 0 aromatic heterocycles. The number of ether oxygens (including phenoxy) is 1. The van der Waals surface area contributed by atoms with Crippen LogP contribution in [0.3, 0.4) is 0 Å². The van der Waals surface area contributed by atoms with Crippen molar-refractivity contribution in [3.05, 3.63) is 0 Å². The van der Waals surface area contributed by atoms with Gasteiger partial charge in [-0.15, -0.1) is 0 Å². The molecule has 1 spiro atoms. The van der Waals surface area contributed by atoms with Crippen molar-refractivity contribution in [1.82, 2.24) is 5.32 Å². The summed E-state index contributed by atoms with van der Waals surface area (Å²) in [6.45, 7) is 4.52. The molecule has 1 aliphatic heterocycles. The molecule has 3 unspecified atom stereocenters. The minimum Gasteiger partial charge on any atom is -0.369 e. The second kappa shape index (κ2) is 5.50. The predicted molar refractivity (Wildman–Crippen MR) is 74.7 cm³/mol. The summed E-state index contributed by atoms with van der Waals surface area (Å²) in [5, 5.41) is 3.66. The lowest BCUT2D eigenvalue weighted by molar-refractivity contribution is -0.120. The lowest BCUT2D eigenvalue weighted by Crippen LogP contribution is -2.53. The molecule has 1 heterocycles. The fourth-order valence-electron chi connectivity index (χ4n) is 4.46. The zero-order valence-electron chi connectivity index (χ0n) is 11.9. The molecular weight excluding hydrogens is 222 g/mol. The van der Waals surface area contributed by atoms with Crippen LogP contribution in [-0.4, -0.2) is 24.8 Å². The number of morpholine rings is 1. The fraction of sp³-hybridized carbons (Fsp3) is 1.00. The van der Waals surface area contributed by atoms with Gasteiger partial charge in [-0.05, 0) is 37.5 Å². The van der Waals surface area contributed by atoms with Gasteiger partial charge >= 0.3 is 0 Å². The Morgan fingerprint density at radius 1 is 1.17 bits per heavy atom. The maximum Gasteiger partial charge on any atom is 0.0813 e. The van der Waals surface area contributed by atoms with Crippen molar-refractivity contribution in [2.24, 2.45) is 11.8 Å². The van der Waals surface area contributed by atoms with E-state index in [9.17, 15) is 0 Å². The molecule has 0 aromatic rings. The Kier molecular flexibility index (Phi) is 3.95. The van der Waals surface area contributed by atoms with Gasteiger partial charge in [0.05, 0.1) is 11.7 Å². The van der Waals surface area contributed by atoms with Gasteiger partial charge in [0.1, 0.15) is 0 Å². The SMILES string of the molecule is CCC1CCC2(CNCC(CC3CCCC3)O2)C1. The van der Waals surface area contributed by atoms with Gasteiger partial charge in [0.25, 0.3) is 0 Å². The molecule has 3 fully saturated rings. The molecule has 0 radical (unpaired) electrons. The number of nitrogens with one attached hydrogen (secondary N) is 1. The van der Waals surface area contributed by atoms with E-state index in [4.69, 9.17) is 4.74 Å². The molecule has 2 aliphatic carbocycles. The highest BCUT2D eigenvalue weighted by Crippen LogP contribution is 2.42. The van der Waals surface area contributed by atoms with Crippen LogP contribution in [0, 0.1) is 11.8 Å². The standard InChI is InChI=1S/C16H29NO/c1-2-13-7-8-16(10-13)12-17-11-15(18-16)9-14-5-3-4-6-14/h13-15,17H,2-12H2,1H3. The smallest absolute Gasteiger partial charge is 0.0813 e. The number of hydrogen-bond acceptors (Lipinski definition) is 2. The van der Waals surface area contributed by atoms with Crippen LogP contribution in [0.1, 0.15) is 64.7 Å². The van der Waals surface area contributed by atoms with Gasteiger partial charge in [0, 0.05) is 13.1 Å². The summed E-state index contributed by atoms with van der Waals surface area (Å²) in [5.74, 6) is 1.87. The molecule has 3 rings (SSSR count). The first-order valence-electron chi connectivity index (χ1n) is 8.18. The minimum absolute atomic E-state index is 0.211. The molecule has 2 saturated carbocycles. The Balaban J connectivity index is 1.55. The van der Waals surface area contributed by atoms with Gasteiger partial charge in [0.15, 0.2) is 0 Å². The Morgan fingerprint density at radius 3 is 2.72 bits per heavy atom. The van der Waals surface area contributed by atoms with Crippen molar-refractivity contribution in [2.75, 3.05) is 13.1 Å². The van der Waals surface area contributed by atoms with Crippen molar-refractivity contribution in [3.8, 4) is 0 Å². The van der Waals surface area contributed by atoms with Gasteiger partial charge in [-0.1, -0.05) is 39.0 Å². The molecule has 1 saturated heterocycles.